The Kier molecular flexibility index (Phi) is 5.93. The van der Waals surface area contributed by atoms with Crippen LogP contribution in [-0.4, -0.2) is 15.3 Å². The number of rotatable bonds is 2. The van der Waals surface area contributed by atoms with E-state index in [4.69, 9.17) is 23.8 Å². The summed E-state index contributed by atoms with van der Waals surface area (Å²) in [4.78, 5) is 14.5. The molecule has 0 bridgehead atoms. The van der Waals surface area contributed by atoms with Crippen molar-refractivity contribution in [2.75, 3.05) is 4.90 Å². The number of hydrogen-bond acceptors (Lipinski definition) is 4. The summed E-state index contributed by atoms with van der Waals surface area (Å²) in [5.41, 5.74) is 1.21. The van der Waals surface area contributed by atoms with Crippen LogP contribution >= 0.6 is 80.8 Å². The average molecular weight is 618 g/mol. The van der Waals surface area contributed by atoms with Crippen molar-refractivity contribution in [3.8, 4) is 5.75 Å². The van der Waals surface area contributed by atoms with Crippen molar-refractivity contribution >= 4 is 103 Å². The van der Waals surface area contributed by atoms with E-state index in [2.05, 4.69) is 0 Å². The highest BCUT2D eigenvalue weighted by Gasteiger charge is 2.33. The molecule has 0 aromatic heterocycles. The van der Waals surface area contributed by atoms with Gasteiger partial charge in [-0.05, 0) is 87.2 Å². The number of benzene rings is 2. The number of carbonyl (C=O) groups excluding carboxylic acids is 1. The van der Waals surface area contributed by atoms with Crippen LogP contribution < -0.4 is 4.90 Å². The van der Waals surface area contributed by atoms with Crippen LogP contribution in [0.1, 0.15) is 5.56 Å². The first-order valence-corrected chi connectivity index (χ1v) is 10.4. The van der Waals surface area contributed by atoms with E-state index in [1.54, 1.807) is 18.2 Å². The van der Waals surface area contributed by atoms with Gasteiger partial charge in [0, 0.05) is 0 Å². The fourth-order valence-corrected chi connectivity index (χ4v) is 5.42. The maximum Gasteiger partial charge on any atom is 0.270 e. The number of anilines is 1. The largest absolute Gasteiger partial charge is 0.506 e. The van der Waals surface area contributed by atoms with Crippen molar-refractivity contribution in [3.05, 3.63) is 58.8 Å². The lowest BCUT2D eigenvalue weighted by atomic mass is 10.2. The van der Waals surface area contributed by atoms with Gasteiger partial charge < -0.3 is 5.11 Å². The van der Waals surface area contributed by atoms with Crippen molar-refractivity contribution in [1.82, 2.24) is 0 Å². The molecule has 1 heterocycles. The molecule has 1 aliphatic heterocycles. The number of carbonyl (C=O) groups is 1. The second kappa shape index (κ2) is 7.67. The zero-order valence-corrected chi connectivity index (χ0v) is 18.8. The highest BCUT2D eigenvalue weighted by Crippen LogP contribution is 2.38. The van der Waals surface area contributed by atoms with Crippen molar-refractivity contribution in [3.63, 3.8) is 0 Å². The van der Waals surface area contributed by atoms with Gasteiger partial charge in [0.15, 0.2) is 4.32 Å². The standard InChI is InChI=1S/C16H7ClFI2NO2S2/c17-9-6-8(1-2-10(9)18)21-15(23)13(25-16(21)24)5-7-3-11(19)14(22)12(20)4-7/h1-6,22H. The van der Waals surface area contributed by atoms with Gasteiger partial charge in [0.1, 0.15) is 11.6 Å². The Bertz CT molecular complexity index is 929. The smallest absolute Gasteiger partial charge is 0.270 e. The van der Waals surface area contributed by atoms with Gasteiger partial charge in [-0.25, -0.2) is 4.39 Å². The van der Waals surface area contributed by atoms with E-state index in [-0.39, 0.29) is 16.7 Å². The first kappa shape index (κ1) is 19.3. The fraction of sp³-hybridized carbons (Fsp3) is 0. The van der Waals surface area contributed by atoms with Crippen LogP contribution in [0.4, 0.5) is 10.1 Å². The van der Waals surface area contributed by atoms with Gasteiger partial charge in [0.2, 0.25) is 0 Å². The number of halogens is 4. The maximum absolute atomic E-state index is 13.3. The quantitative estimate of drug-likeness (QED) is 0.263. The fourth-order valence-electron chi connectivity index (χ4n) is 2.13. The normalized spacial score (nSPS) is 16.2. The van der Waals surface area contributed by atoms with E-state index in [1.807, 2.05) is 45.2 Å². The van der Waals surface area contributed by atoms with Crippen molar-refractivity contribution in [1.29, 1.82) is 0 Å². The molecule has 128 valence electrons. The number of nitrogens with zero attached hydrogens (tertiary/aromatic N) is 1. The van der Waals surface area contributed by atoms with Crippen LogP contribution in [0, 0.1) is 13.0 Å². The molecule has 25 heavy (non-hydrogen) atoms. The first-order valence-electron chi connectivity index (χ1n) is 6.69. The third-order valence-corrected chi connectivity index (χ3v) is 6.53. The minimum absolute atomic E-state index is 0.0711. The first-order chi connectivity index (χ1) is 11.8. The Morgan fingerprint density at radius 3 is 2.48 bits per heavy atom. The van der Waals surface area contributed by atoms with Gasteiger partial charge in [-0.1, -0.05) is 35.6 Å². The summed E-state index contributed by atoms with van der Waals surface area (Å²) in [6, 6.07) is 7.59. The highest BCUT2D eigenvalue weighted by molar-refractivity contribution is 14.1. The van der Waals surface area contributed by atoms with Gasteiger partial charge in [-0.2, -0.15) is 0 Å². The minimum Gasteiger partial charge on any atom is -0.506 e. The number of phenols is 1. The van der Waals surface area contributed by atoms with Crippen LogP contribution in [0.2, 0.25) is 5.02 Å². The van der Waals surface area contributed by atoms with Crippen LogP contribution in [0.3, 0.4) is 0 Å². The van der Waals surface area contributed by atoms with Crippen molar-refractivity contribution in [2.45, 2.75) is 0 Å². The summed E-state index contributed by atoms with van der Waals surface area (Å²) in [7, 11) is 0. The Labute approximate surface area is 184 Å². The molecule has 0 saturated carbocycles. The number of amides is 1. The van der Waals surface area contributed by atoms with Crippen molar-refractivity contribution in [2.24, 2.45) is 0 Å². The molecule has 0 atom stereocenters. The lowest BCUT2D eigenvalue weighted by Crippen LogP contribution is -2.27. The molecule has 3 nitrogen and oxygen atoms in total. The zero-order valence-electron chi connectivity index (χ0n) is 12.1. The Hall–Kier alpha value is -0.430. The SMILES string of the molecule is O=C1C(=Cc2cc(I)c(O)c(I)c2)SC(=S)N1c1ccc(F)c(Cl)c1. The zero-order chi connectivity index (χ0) is 18.3. The molecule has 0 spiro atoms. The molecule has 2 aromatic rings. The lowest BCUT2D eigenvalue weighted by molar-refractivity contribution is -0.113. The van der Waals surface area contributed by atoms with Crippen LogP contribution in [0.25, 0.3) is 6.08 Å². The van der Waals surface area contributed by atoms with Gasteiger partial charge in [-0.3, -0.25) is 9.69 Å². The Morgan fingerprint density at radius 1 is 1.24 bits per heavy atom. The van der Waals surface area contributed by atoms with Crippen LogP contribution in [0.15, 0.2) is 35.2 Å². The third kappa shape index (κ3) is 3.97. The molecule has 1 N–H and O–H groups in total. The third-order valence-electron chi connectivity index (χ3n) is 3.29. The van der Waals surface area contributed by atoms with Gasteiger partial charge in [0.05, 0.1) is 22.8 Å². The van der Waals surface area contributed by atoms with Crippen LogP contribution in [-0.2, 0) is 4.79 Å². The number of phenolic OH excluding ortho intramolecular Hbond substituents is 1. The molecule has 0 radical (unpaired) electrons. The predicted octanol–water partition coefficient (Wildman–Crippen LogP) is 5.80. The van der Waals surface area contributed by atoms with Gasteiger partial charge >= 0.3 is 0 Å². The molecule has 0 unspecified atom stereocenters. The Balaban J connectivity index is 1.97. The number of thiocarbonyl (C=S) groups is 1. The van der Waals surface area contributed by atoms with E-state index in [0.717, 1.165) is 17.3 Å². The van der Waals surface area contributed by atoms with E-state index in [1.165, 1.54) is 23.1 Å². The molecule has 1 saturated heterocycles. The number of hydrogen-bond donors (Lipinski definition) is 1. The molecule has 1 fully saturated rings. The molecule has 3 rings (SSSR count). The van der Waals surface area contributed by atoms with Gasteiger partial charge in [-0.15, -0.1) is 0 Å². The molecular formula is C16H7ClFI2NO2S2. The maximum atomic E-state index is 13.3. The summed E-state index contributed by atoms with van der Waals surface area (Å²) < 4.78 is 15.1. The number of thioether (sulfide) groups is 1. The van der Waals surface area contributed by atoms with Gasteiger partial charge in [0.25, 0.3) is 5.91 Å². The second-order valence-electron chi connectivity index (χ2n) is 4.95. The predicted molar refractivity (Wildman–Crippen MR) is 121 cm³/mol. The van der Waals surface area contributed by atoms with E-state index in [0.29, 0.717) is 22.1 Å². The van der Waals surface area contributed by atoms with Crippen molar-refractivity contribution < 1.29 is 14.3 Å². The molecule has 1 amide bonds. The molecule has 2 aromatic carbocycles. The summed E-state index contributed by atoms with van der Waals surface area (Å²) in [6.45, 7) is 0. The average Bonchev–Trinajstić information content (AvgIpc) is 2.82. The summed E-state index contributed by atoms with van der Waals surface area (Å²) in [5, 5.41) is 9.77. The Morgan fingerprint density at radius 2 is 1.88 bits per heavy atom. The second-order valence-corrected chi connectivity index (χ2v) is 9.36. The molecule has 0 aliphatic carbocycles. The van der Waals surface area contributed by atoms with E-state index >= 15 is 0 Å². The topological polar surface area (TPSA) is 40.5 Å². The number of aromatic hydroxyl groups is 1. The summed E-state index contributed by atoms with van der Waals surface area (Å²) in [5.74, 6) is -0.637. The molecular weight excluding hydrogens is 611 g/mol. The monoisotopic (exact) mass is 617 g/mol. The van der Waals surface area contributed by atoms with E-state index < -0.39 is 5.82 Å². The highest BCUT2D eigenvalue weighted by atomic mass is 127. The molecule has 9 heteroatoms. The van der Waals surface area contributed by atoms with Crippen LogP contribution in [0.5, 0.6) is 5.75 Å². The lowest BCUT2D eigenvalue weighted by Gasteiger charge is -2.14. The molecule has 1 aliphatic rings. The minimum atomic E-state index is -0.556. The van der Waals surface area contributed by atoms with E-state index in [9.17, 15) is 14.3 Å². The summed E-state index contributed by atoms with van der Waals surface area (Å²) >= 11 is 16.3. The summed E-state index contributed by atoms with van der Waals surface area (Å²) in [6.07, 6.45) is 1.72.